The van der Waals surface area contributed by atoms with E-state index in [1.807, 2.05) is 35.9 Å². The highest BCUT2D eigenvalue weighted by Crippen LogP contribution is 2.19. The summed E-state index contributed by atoms with van der Waals surface area (Å²) in [5.41, 5.74) is 2.66. The standard InChI is InChI=1S/C15H13ClFN3/c1-20-14-5-3-2-4-13(14)19-15(20)9-18-12-7-10(16)6-11(17)8-12/h2-8,18H,9H2,1H3. The number of hydrogen-bond donors (Lipinski definition) is 1. The Balaban J connectivity index is 1.84. The SMILES string of the molecule is Cn1c(CNc2cc(F)cc(Cl)c2)nc2ccccc21. The molecule has 0 unspecified atom stereocenters. The maximum Gasteiger partial charge on any atom is 0.128 e. The molecule has 0 amide bonds. The summed E-state index contributed by atoms with van der Waals surface area (Å²) < 4.78 is 15.3. The summed E-state index contributed by atoms with van der Waals surface area (Å²) in [6.45, 7) is 0.505. The van der Waals surface area contributed by atoms with Crippen molar-refractivity contribution in [1.82, 2.24) is 9.55 Å². The second-order valence-corrected chi connectivity index (χ2v) is 5.02. The molecule has 1 N–H and O–H groups in total. The Bertz CT molecular complexity index is 747. The monoisotopic (exact) mass is 289 g/mol. The van der Waals surface area contributed by atoms with Crippen LogP contribution in [0.25, 0.3) is 11.0 Å². The van der Waals surface area contributed by atoms with E-state index in [0.717, 1.165) is 16.9 Å². The molecule has 0 bridgehead atoms. The average molecular weight is 290 g/mol. The Morgan fingerprint density at radius 2 is 2.05 bits per heavy atom. The van der Waals surface area contributed by atoms with Gasteiger partial charge in [0.2, 0.25) is 0 Å². The van der Waals surface area contributed by atoms with Crippen LogP contribution in [0.5, 0.6) is 0 Å². The van der Waals surface area contributed by atoms with Crippen LogP contribution in [0.15, 0.2) is 42.5 Å². The minimum atomic E-state index is -0.356. The van der Waals surface area contributed by atoms with Gasteiger partial charge in [0.1, 0.15) is 11.6 Å². The summed E-state index contributed by atoms with van der Waals surface area (Å²) in [6.07, 6.45) is 0. The van der Waals surface area contributed by atoms with Crippen LogP contribution >= 0.6 is 11.6 Å². The number of para-hydroxylation sites is 2. The van der Waals surface area contributed by atoms with Crippen molar-refractivity contribution in [1.29, 1.82) is 0 Å². The number of nitrogens with one attached hydrogen (secondary N) is 1. The van der Waals surface area contributed by atoms with Gasteiger partial charge in [0.05, 0.1) is 17.6 Å². The van der Waals surface area contributed by atoms with Gasteiger partial charge >= 0.3 is 0 Å². The molecule has 0 radical (unpaired) electrons. The fraction of sp³-hybridized carbons (Fsp3) is 0.133. The van der Waals surface area contributed by atoms with Crippen molar-refractivity contribution < 1.29 is 4.39 Å². The number of nitrogens with zero attached hydrogens (tertiary/aromatic N) is 2. The molecule has 0 spiro atoms. The number of halogens is 2. The second-order valence-electron chi connectivity index (χ2n) is 4.59. The molecule has 0 aliphatic heterocycles. The van der Waals surface area contributed by atoms with Crippen molar-refractivity contribution in [3.63, 3.8) is 0 Å². The summed E-state index contributed by atoms with van der Waals surface area (Å²) in [4.78, 5) is 4.55. The molecule has 0 fully saturated rings. The van der Waals surface area contributed by atoms with Crippen LogP contribution in [0.4, 0.5) is 10.1 Å². The highest BCUT2D eigenvalue weighted by atomic mass is 35.5. The van der Waals surface area contributed by atoms with Crippen LogP contribution in [-0.2, 0) is 13.6 Å². The molecule has 0 saturated carbocycles. The van der Waals surface area contributed by atoms with E-state index in [1.54, 1.807) is 6.07 Å². The molecule has 0 atom stereocenters. The minimum absolute atomic E-state index is 0.356. The van der Waals surface area contributed by atoms with E-state index in [-0.39, 0.29) is 5.82 Å². The smallest absolute Gasteiger partial charge is 0.128 e. The van der Waals surface area contributed by atoms with E-state index in [0.29, 0.717) is 17.3 Å². The molecule has 1 aromatic heterocycles. The van der Waals surface area contributed by atoms with Gasteiger partial charge in [0.25, 0.3) is 0 Å². The van der Waals surface area contributed by atoms with Crippen LogP contribution in [0.2, 0.25) is 5.02 Å². The Kier molecular flexibility index (Phi) is 3.32. The Morgan fingerprint density at radius 3 is 2.80 bits per heavy atom. The number of imidazole rings is 1. The quantitative estimate of drug-likeness (QED) is 0.790. The van der Waals surface area contributed by atoms with E-state index in [1.165, 1.54) is 12.1 Å². The first-order valence-corrected chi connectivity index (χ1v) is 6.61. The number of aromatic nitrogens is 2. The average Bonchev–Trinajstić information content (AvgIpc) is 2.73. The van der Waals surface area contributed by atoms with Crippen molar-refractivity contribution >= 4 is 28.3 Å². The molecule has 1 heterocycles. The summed E-state index contributed by atoms with van der Waals surface area (Å²) in [6, 6.07) is 12.3. The van der Waals surface area contributed by atoms with E-state index in [4.69, 9.17) is 11.6 Å². The first-order chi connectivity index (χ1) is 9.63. The summed E-state index contributed by atoms with van der Waals surface area (Å²) in [5, 5.41) is 3.51. The summed E-state index contributed by atoms with van der Waals surface area (Å²) in [7, 11) is 1.96. The van der Waals surface area contributed by atoms with Crippen LogP contribution in [0, 0.1) is 5.82 Å². The third-order valence-corrected chi connectivity index (χ3v) is 3.41. The van der Waals surface area contributed by atoms with Gasteiger partial charge in [-0.1, -0.05) is 23.7 Å². The van der Waals surface area contributed by atoms with E-state index in [2.05, 4.69) is 10.3 Å². The lowest BCUT2D eigenvalue weighted by atomic mass is 10.3. The van der Waals surface area contributed by atoms with Crippen molar-refractivity contribution in [2.45, 2.75) is 6.54 Å². The minimum Gasteiger partial charge on any atom is -0.378 e. The van der Waals surface area contributed by atoms with Crippen LogP contribution in [0.3, 0.4) is 0 Å². The highest BCUT2D eigenvalue weighted by Gasteiger charge is 2.07. The lowest BCUT2D eigenvalue weighted by molar-refractivity contribution is 0.628. The maximum absolute atomic E-state index is 13.3. The molecule has 0 aliphatic rings. The van der Waals surface area contributed by atoms with Crippen molar-refractivity contribution in [3.05, 3.63) is 59.1 Å². The zero-order valence-electron chi connectivity index (χ0n) is 10.9. The topological polar surface area (TPSA) is 29.9 Å². The van der Waals surface area contributed by atoms with Crippen LogP contribution in [0.1, 0.15) is 5.82 Å². The van der Waals surface area contributed by atoms with Crippen molar-refractivity contribution in [2.75, 3.05) is 5.32 Å². The predicted molar refractivity (Wildman–Crippen MR) is 79.5 cm³/mol. The van der Waals surface area contributed by atoms with Gasteiger partial charge in [0.15, 0.2) is 0 Å². The van der Waals surface area contributed by atoms with Crippen molar-refractivity contribution in [2.24, 2.45) is 7.05 Å². The largest absolute Gasteiger partial charge is 0.378 e. The van der Waals surface area contributed by atoms with Gasteiger partial charge in [-0.25, -0.2) is 9.37 Å². The highest BCUT2D eigenvalue weighted by molar-refractivity contribution is 6.30. The first-order valence-electron chi connectivity index (χ1n) is 6.24. The van der Waals surface area contributed by atoms with Gasteiger partial charge in [-0.15, -0.1) is 0 Å². The van der Waals surface area contributed by atoms with Crippen LogP contribution < -0.4 is 5.32 Å². The molecule has 3 nitrogen and oxygen atoms in total. The zero-order chi connectivity index (χ0) is 14.1. The van der Waals surface area contributed by atoms with Gasteiger partial charge in [-0.2, -0.15) is 0 Å². The Morgan fingerprint density at radius 1 is 1.25 bits per heavy atom. The molecule has 2 aromatic carbocycles. The number of hydrogen-bond acceptors (Lipinski definition) is 2. The summed E-state index contributed by atoms with van der Waals surface area (Å²) in [5.74, 6) is 0.525. The molecule has 102 valence electrons. The zero-order valence-corrected chi connectivity index (χ0v) is 11.7. The Hall–Kier alpha value is -2.07. The third kappa shape index (κ3) is 2.47. The molecule has 5 heteroatoms. The lowest BCUT2D eigenvalue weighted by Crippen LogP contribution is -2.06. The molecule has 20 heavy (non-hydrogen) atoms. The van der Waals surface area contributed by atoms with E-state index < -0.39 is 0 Å². The number of anilines is 1. The number of fused-ring (bicyclic) bond motifs is 1. The molecule has 0 saturated heterocycles. The fourth-order valence-corrected chi connectivity index (χ4v) is 2.41. The predicted octanol–water partition coefficient (Wildman–Crippen LogP) is 3.98. The normalized spacial score (nSPS) is 10.9. The Labute approximate surface area is 121 Å². The molecule has 0 aliphatic carbocycles. The van der Waals surface area contributed by atoms with Crippen LogP contribution in [-0.4, -0.2) is 9.55 Å². The number of aryl methyl sites for hydroxylation is 1. The van der Waals surface area contributed by atoms with Gasteiger partial charge < -0.3 is 9.88 Å². The fourth-order valence-electron chi connectivity index (χ4n) is 2.19. The van der Waals surface area contributed by atoms with E-state index >= 15 is 0 Å². The molecular formula is C15H13ClFN3. The van der Waals surface area contributed by atoms with Gasteiger partial charge in [-0.05, 0) is 30.3 Å². The number of benzene rings is 2. The second kappa shape index (κ2) is 5.13. The van der Waals surface area contributed by atoms with E-state index in [9.17, 15) is 4.39 Å². The van der Waals surface area contributed by atoms with Gasteiger partial charge in [-0.3, -0.25) is 0 Å². The third-order valence-electron chi connectivity index (χ3n) is 3.19. The molecule has 3 rings (SSSR count). The molecular weight excluding hydrogens is 277 g/mol. The summed E-state index contributed by atoms with van der Waals surface area (Å²) >= 11 is 5.83. The lowest BCUT2D eigenvalue weighted by Gasteiger charge is -2.07. The van der Waals surface area contributed by atoms with Crippen molar-refractivity contribution in [3.8, 4) is 0 Å². The maximum atomic E-state index is 13.3. The molecule has 3 aromatic rings. The first kappa shape index (κ1) is 12.9. The van der Waals surface area contributed by atoms with Gasteiger partial charge in [0, 0.05) is 17.8 Å². The number of rotatable bonds is 3.